The highest BCUT2D eigenvalue weighted by Gasteiger charge is 2.15. The molecule has 18 heavy (non-hydrogen) atoms. The monoisotopic (exact) mass is 325 g/mol. The summed E-state index contributed by atoms with van der Waals surface area (Å²) in [6, 6.07) is 7.17. The number of halogens is 1. The molecule has 2 N–H and O–H groups in total. The fraction of sp³-hybridized carbons (Fsp3) is 0.154. The number of anilines is 1. The number of benzene rings is 1. The first kappa shape index (κ1) is 13.1. The summed E-state index contributed by atoms with van der Waals surface area (Å²) in [5, 5.41) is 1.95. The average molecular weight is 326 g/mol. The van der Waals surface area contributed by atoms with Gasteiger partial charge in [0, 0.05) is 21.3 Å². The summed E-state index contributed by atoms with van der Waals surface area (Å²) in [7, 11) is 1.54. The molecular weight excluding hydrogens is 314 g/mol. The van der Waals surface area contributed by atoms with E-state index in [1.807, 2.05) is 11.4 Å². The van der Waals surface area contributed by atoms with Crippen molar-refractivity contribution >= 4 is 38.7 Å². The standard InChI is InChI=1S/C13H12BrNO2S/c1-17-11-4-2-3-8(13(11)15)10(16)7-12-9(14)5-6-18-12/h2-6H,7,15H2,1H3. The van der Waals surface area contributed by atoms with E-state index in [-0.39, 0.29) is 5.78 Å². The van der Waals surface area contributed by atoms with Crippen LogP contribution >= 0.6 is 27.3 Å². The second-order valence-electron chi connectivity index (χ2n) is 3.71. The third-order valence-corrected chi connectivity index (χ3v) is 4.52. The van der Waals surface area contributed by atoms with Gasteiger partial charge < -0.3 is 10.5 Å². The van der Waals surface area contributed by atoms with Gasteiger partial charge in [-0.2, -0.15) is 0 Å². The van der Waals surface area contributed by atoms with Gasteiger partial charge in [0.25, 0.3) is 0 Å². The number of Topliss-reactive ketones (excluding diaryl/α,β-unsaturated/α-hetero) is 1. The second kappa shape index (κ2) is 5.54. The Morgan fingerprint density at radius 3 is 2.83 bits per heavy atom. The minimum Gasteiger partial charge on any atom is -0.495 e. The molecule has 0 saturated heterocycles. The Kier molecular flexibility index (Phi) is 4.04. The molecule has 1 heterocycles. The lowest BCUT2D eigenvalue weighted by atomic mass is 10.0. The molecule has 0 saturated carbocycles. The zero-order valence-electron chi connectivity index (χ0n) is 9.77. The number of hydrogen-bond acceptors (Lipinski definition) is 4. The van der Waals surface area contributed by atoms with E-state index >= 15 is 0 Å². The third kappa shape index (κ3) is 2.57. The fourth-order valence-electron chi connectivity index (χ4n) is 1.66. The lowest BCUT2D eigenvalue weighted by Crippen LogP contribution is -2.07. The Labute approximate surface area is 118 Å². The molecule has 0 amide bonds. The van der Waals surface area contributed by atoms with Crippen LogP contribution < -0.4 is 10.5 Å². The van der Waals surface area contributed by atoms with Gasteiger partial charge in [-0.25, -0.2) is 0 Å². The maximum absolute atomic E-state index is 12.2. The highest BCUT2D eigenvalue weighted by atomic mass is 79.9. The summed E-state index contributed by atoms with van der Waals surface area (Å²) < 4.78 is 6.07. The summed E-state index contributed by atoms with van der Waals surface area (Å²) >= 11 is 4.96. The average Bonchev–Trinajstić information content (AvgIpc) is 2.75. The van der Waals surface area contributed by atoms with Gasteiger partial charge in [0.1, 0.15) is 5.75 Å². The predicted molar refractivity (Wildman–Crippen MR) is 77.5 cm³/mol. The molecule has 1 aromatic heterocycles. The molecule has 5 heteroatoms. The second-order valence-corrected chi connectivity index (χ2v) is 5.57. The van der Waals surface area contributed by atoms with E-state index in [1.54, 1.807) is 29.5 Å². The van der Waals surface area contributed by atoms with E-state index in [2.05, 4.69) is 15.9 Å². The van der Waals surface area contributed by atoms with Crippen LogP contribution in [-0.2, 0) is 6.42 Å². The fourth-order valence-corrected chi connectivity index (χ4v) is 3.15. The number of carbonyl (C=O) groups excluding carboxylic acids is 1. The molecule has 0 spiro atoms. The Bertz CT molecular complexity index is 580. The lowest BCUT2D eigenvalue weighted by Gasteiger charge is -2.08. The number of ether oxygens (including phenoxy) is 1. The van der Waals surface area contributed by atoms with Crippen LogP contribution in [0.1, 0.15) is 15.2 Å². The number of ketones is 1. The minimum absolute atomic E-state index is 0.00505. The highest BCUT2D eigenvalue weighted by molar-refractivity contribution is 9.10. The number of rotatable bonds is 4. The topological polar surface area (TPSA) is 52.3 Å². The van der Waals surface area contributed by atoms with Crippen molar-refractivity contribution in [1.82, 2.24) is 0 Å². The summed E-state index contributed by atoms with van der Waals surface area (Å²) in [4.78, 5) is 13.2. The van der Waals surface area contributed by atoms with Crippen molar-refractivity contribution < 1.29 is 9.53 Å². The zero-order valence-corrected chi connectivity index (χ0v) is 12.2. The van der Waals surface area contributed by atoms with Crippen molar-refractivity contribution in [2.75, 3.05) is 12.8 Å². The Morgan fingerprint density at radius 1 is 1.44 bits per heavy atom. The summed E-state index contributed by atoms with van der Waals surface area (Å²) in [5.41, 5.74) is 6.82. The van der Waals surface area contributed by atoms with Crippen molar-refractivity contribution in [1.29, 1.82) is 0 Å². The van der Waals surface area contributed by atoms with Crippen LogP contribution in [0, 0.1) is 0 Å². The minimum atomic E-state index is -0.00505. The Balaban J connectivity index is 2.27. The van der Waals surface area contributed by atoms with E-state index in [1.165, 1.54) is 7.11 Å². The summed E-state index contributed by atoms with van der Waals surface area (Å²) in [6.07, 6.45) is 0.343. The lowest BCUT2D eigenvalue weighted by molar-refractivity contribution is 0.0994. The molecular formula is C13H12BrNO2S. The van der Waals surface area contributed by atoms with Crippen LogP contribution in [0.2, 0.25) is 0 Å². The van der Waals surface area contributed by atoms with Crippen molar-refractivity contribution in [3.63, 3.8) is 0 Å². The number of methoxy groups -OCH3 is 1. The van der Waals surface area contributed by atoms with Crippen LogP contribution in [0.4, 0.5) is 5.69 Å². The Hall–Kier alpha value is -1.33. The van der Waals surface area contributed by atoms with Crippen LogP contribution in [0.5, 0.6) is 5.75 Å². The van der Waals surface area contributed by atoms with E-state index in [0.717, 1.165) is 9.35 Å². The van der Waals surface area contributed by atoms with E-state index in [9.17, 15) is 4.79 Å². The van der Waals surface area contributed by atoms with Crippen molar-refractivity contribution in [2.45, 2.75) is 6.42 Å². The van der Waals surface area contributed by atoms with Crippen molar-refractivity contribution in [2.24, 2.45) is 0 Å². The number of thiophene rings is 1. The van der Waals surface area contributed by atoms with E-state index < -0.39 is 0 Å². The van der Waals surface area contributed by atoms with Gasteiger partial charge in [0.05, 0.1) is 12.8 Å². The quantitative estimate of drug-likeness (QED) is 0.691. The number of para-hydroxylation sites is 1. The van der Waals surface area contributed by atoms with Gasteiger partial charge in [-0.15, -0.1) is 11.3 Å². The maximum Gasteiger partial charge on any atom is 0.170 e. The molecule has 0 aliphatic carbocycles. The van der Waals surface area contributed by atoms with Crippen molar-refractivity contribution in [3.05, 3.63) is 44.6 Å². The van der Waals surface area contributed by atoms with Crippen molar-refractivity contribution in [3.8, 4) is 5.75 Å². The first-order chi connectivity index (χ1) is 8.63. The van der Waals surface area contributed by atoms with Gasteiger partial charge in [-0.05, 0) is 39.5 Å². The van der Waals surface area contributed by atoms with Crippen LogP contribution in [-0.4, -0.2) is 12.9 Å². The molecule has 0 fully saturated rings. The predicted octanol–water partition coefficient (Wildman–Crippen LogP) is 3.53. The molecule has 94 valence electrons. The molecule has 2 aromatic rings. The van der Waals surface area contributed by atoms with Crippen LogP contribution in [0.25, 0.3) is 0 Å². The van der Waals surface area contributed by atoms with Crippen LogP contribution in [0.3, 0.4) is 0 Å². The van der Waals surface area contributed by atoms with Gasteiger partial charge in [0.15, 0.2) is 5.78 Å². The van der Waals surface area contributed by atoms with Gasteiger partial charge >= 0.3 is 0 Å². The Morgan fingerprint density at radius 2 is 2.22 bits per heavy atom. The molecule has 0 atom stereocenters. The van der Waals surface area contributed by atoms with E-state index in [0.29, 0.717) is 23.4 Å². The molecule has 0 aliphatic heterocycles. The molecule has 0 radical (unpaired) electrons. The van der Waals surface area contributed by atoms with Crippen LogP contribution in [0.15, 0.2) is 34.1 Å². The number of carbonyl (C=O) groups is 1. The molecule has 0 aliphatic rings. The SMILES string of the molecule is COc1cccc(C(=O)Cc2sccc2Br)c1N. The maximum atomic E-state index is 12.2. The van der Waals surface area contributed by atoms with Gasteiger partial charge in [-0.3, -0.25) is 4.79 Å². The van der Waals surface area contributed by atoms with Gasteiger partial charge in [-0.1, -0.05) is 6.07 Å². The molecule has 3 nitrogen and oxygen atoms in total. The normalized spacial score (nSPS) is 10.3. The molecule has 0 unspecified atom stereocenters. The zero-order chi connectivity index (χ0) is 13.1. The third-order valence-electron chi connectivity index (χ3n) is 2.60. The summed E-state index contributed by atoms with van der Waals surface area (Å²) in [5.74, 6) is 0.528. The smallest absolute Gasteiger partial charge is 0.170 e. The first-order valence-electron chi connectivity index (χ1n) is 5.31. The first-order valence-corrected chi connectivity index (χ1v) is 6.98. The summed E-state index contributed by atoms with van der Waals surface area (Å²) in [6.45, 7) is 0. The number of hydrogen-bond donors (Lipinski definition) is 1. The molecule has 1 aromatic carbocycles. The van der Waals surface area contributed by atoms with Gasteiger partial charge in [0.2, 0.25) is 0 Å². The molecule has 0 bridgehead atoms. The highest BCUT2D eigenvalue weighted by Crippen LogP contribution is 2.28. The van der Waals surface area contributed by atoms with E-state index in [4.69, 9.17) is 10.5 Å². The largest absolute Gasteiger partial charge is 0.495 e. The molecule has 2 rings (SSSR count). The number of nitrogen functional groups attached to an aromatic ring is 1. The number of nitrogens with two attached hydrogens (primary N) is 1.